The van der Waals surface area contributed by atoms with Crippen LogP contribution in [0.1, 0.15) is 11.4 Å². The Morgan fingerprint density at radius 3 is 2.84 bits per heavy atom. The van der Waals surface area contributed by atoms with E-state index < -0.39 is 0 Å². The van der Waals surface area contributed by atoms with Crippen molar-refractivity contribution in [2.75, 3.05) is 0 Å². The Bertz CT molecular complexity index is 816. The minimum Gasteiger partial charge on any atom is -0.323 e. The van der Waals surface area contributed by atoms with E-state index in [2.05, 4.69) is 15.0 Å². The molecule has 2 aromatic heterocycles. The SMILES string of the molecule is Cc1nc(-c2cccc3ccncc23)c(=O)[nH]c1C. The zero-order valence-electron chi connectivity index (χ0n) is 10.8. The molecule has 0 saturated heterocycles. The summed E-state index contributed by atoms with van der Waals surface area (Å²) < 4.78 is 0. The zero-order chi connectivity index (χ0) is 13.4. The van der Waals surface area contributed by atoms with E-state index in [1.54, 1.807) is 12.4 Å². The van der Waals surface area contributed by atoms with Crippen molar-refractivity contribution in [2.45, 2.75) is 13.8 Å². The molecule has 4 heteroatoms. The third-order valence-electron chi connectivity index (χ3n) is 3.28. The van der Waals surface area contributed by atoms with E-state index in [1.165, 1.54) is 0 Å². The topological polar surface area (TPSA) is 58.6 Å². The molecule has 0 aliphatic carbocycles. The number of aromatic amines is 1. The fourth-order valence-corrected chi connectivity index (χ4v) is 2.12. The van der Waals surface area contributed by atoms with Crippen molar-refractivity contribution in [3.8, 4) is 11.3 Å². The second-order valence-corrected chi connectivity index (χ2v) is 4.53. The number of hydrogen-bond donors (Lipinski definition) is 1. The van der Waals surface area contributed by atoms with Crippen molar-refractivity contribution in [1.82, 2.24) is 15.0 Å². The molecule has 0 unspecified atom stereocenters. The fraction of sp³-hybridized carbons (Fsp3) is 0.133. The highest BCUT2D eigenvalue weighted by Crippen LogP contribution is 2.24. The van der Waals surface area contributed by atoms with Crippen molar-refractivity contribution in [1.29, 1.82) is 0 Å². The van der Waals surface area contributed by atoms with E-state index in [-0.39, 0.29) is 5.56 Å². The van der Waals surface area contributed by atoms with Gasteiger partial charge < -0.3 is 4.98 Å². The van der Waals surface area contributed by atoms with Crippen LogP contribution >= 0.6 is 0 Å². The Balaban J connectivity index is 2.37. The molecule has 0 amide bonds. The van der Waals surface area contributed by atoms with Gasteiger partial charge in [-0.25, -0.2) is 4.98 Å². The van der Waals surface area contributed by atoms with E-state index in [0.29, 0.717) is 5.69 Å². The first-order valence-corrected chi connectivity index (χ1v) is 6.07. The van der Waals surface area contributed by atoms with Gasteiger partial charge in [-0.1, -0.05) is 18.2 Å². The molecule has 0 aliphatic heterocycles. The van der Waals surface area contributed by atoms with Crippen molar-refractivity contribution in [3.63, 3.8) is 0 Å². The first-order valence-electron chi connectivity index (χ1n) is 6.07. The van der Waals surface area contributed by atoms with Crippen LogP contribution < -0.4 is 5.56 Å². The van der Waals surface area contributed by atoms with Crippen LogP contribution in [-0.4, -0.2) is 15.0 Å². The number of aryl methyl sites for hydroxylation is 2. The van der Waals surface area contributed by atoms with E-state index >= 15 is 0 Å². The van der Waals surface area contributed by atoms with Gasteiger partial charge in [-0.2, -0.15) is 0 Å². The van der Waals surface area contributed by atoms with E-state index in [0.717, 1.165) is 27.7 Å². The molecule has 0 spiro atoms. The van der Waals surface area contributed by atoms with Crippen molar-refractivity contribution in [2.24, 2.45) is 0 Å². The summed E-state index contributed by atoms with van der Waals surface area (Å²) in [6, 6.07) is 7.74. The molecule has 0 saturated carbocycles. The molecule has 3 rings (SSSR count). The Hall–Kier alpha value is -2.49. The Kier molecular flexibility index (Phi) is 2.63. The van der Waals surface area contributed by atoms with Crippen LogP contribution in [0.4, 0.5) is 0 Å². The van der Waals surface area contributed by atoms with E-state index in [1.807, 2.05) is 38.1 Å². The molecule has 2 heterocycles. The lowest BCUT2D eigenvalue weighted by Crippen LogP contribution is -2.14. The van der Waals surface area contributed by atoms with Gasteiger partial charge in [-0.3, -0.25) is 9.78 Å². The highest BCUT2D eigenvalue weighted by molar-refractivity contribution is 5.94. The summed E-state index contributed by atoms with van der Waals surface area (Å²) in [7, 11) is 0. The molecule has 19 heavy (non-hydrogen) atoms. The number of nitrogens with one attached hydrogen (secondary N) is 1. The van der Waals surface area contributed by atoms with Crippen LogP contribution in [-0.2, 0) is 0 Å². The molecule has 94 valence electrons. The second kappa shape index (κ2) is 4.31. The molecule has 0 aliphatic rings. The van der Waals surface area contributed by atoms with Gasteiger partial charge >= 0.3 is 0 Å². The van der Waals surface area contributed by atoms with Crippen LogP contribution in [0.3, 0.4) is 0 Å². The Morgan fingerprint density at radius 1 is 1.16 bits per heavy atom. The summed E-state index contributed by atoms with van der Waals surface area (Å²) >= 11 is 0. The first kappa shape index (κ1) is 11.6. The standard InChI is InChI=1S/C15H13N3O/c1-9-10(2)18-15(19)14(17-9)12-5-3-4-11-6-7-16-8-13(11)12/h3-8H,1-2H3,(H,18,19). The molecule has 0 fully saturated rings. The maximum atomic E-state index is 12.1. The summed E-state index contributed by atoms with van der Waals surface area (Å²) in [5.74, 6) is 0. The predicted octanol–water partition coefficient (Wildman–Crippen LogP) is 2.60. The van der Waals surface area contributed by atoms with Crippen molar-refractivity contribution in [3.05, 3.63) is 58.4 Å². The zero-order valence-corrected chi connectivity index (χ0v) is 10.8. The normalized spacial score (nSPS) is 10.8. The summed E-state index contributed by atoms with van der Waals surface area (Å²) in [5.41, 5.74) is 2.72. The van der Waals surface area contributed by atoms with Gasteiger partial charge in [0.1, 0.15) is 5.69 Å². The maximum absolute atomic E-state index is 12.1. The second-order valence-electron chi connectivity index (χ2n) is 4.53. The lowest BCUT2D eigenvalue weighted by Gasteiger charge is -2.07. The molecule has 1 aromatic carbocycles. The quantitative estimate of drug-likeness (QED) is 0.723. The van der Waals surface area contributed by atoms with Gasteiger partial charge in [0.2, 0.25) is 0 Å². The van der Waals surface area contributed by atoms with Crippen LogP contribution in [0, 0.1) is 13.8 Å². The van der Waals surface area contributed by atoms with Gasteiger partial charge in [0.25, 0.3) is 5.56 Å². The summed E-state index contributed by atoms with van der Waals surface area (Å²) in [6.45, 7) is 3.73. The summed E-state index contributed by atoms with van der Waals surface area (Å²) in [6.07, 6.45) is 3.51. The molecule has 3 aromatic rings. The average molecular weight is 251 g/mol. The minimum atomic E-state index is -0.167. The summed E-state index contributed by atoms with van der Waals surface area (Å²) in [5, 5.41) is 1.98. The number of aromatic nitrogens is 3. The third-order valence-corrected chi connectivity index (χ3v) is 3.28. The third kappa shape index (κ3) is 1.91. The van der Waals surface area contributed by atoms with Crippen molar-refractivity contribution >= 4 is 10.8 Å². The van der Waals surface area contributed by atoms with Gasteiger partial charge in [-0.05, 0) is 25.3 Å². The molecular formula is C15H13N3O. The number of hydrogen-bond acceptors (Lipinski definition) is 3. The Morgan fingerprint density at radius 2 is 2.00 bits per heavy atom. The van der Waals surface area contributed by atoms with Crippen LogP contribution in [0.5, 0.6) is 0 Å². The van der Waals surface area contributed by atoms with Gasteiger partial charge in [0.15, 0.2) is 0 Å². The molecule has 0 bridgehead atoms. The van der Waals surface area contributed by atoms with Crippen LogP contribution in [0.15, 0.2) is 41.5 Å². The van der Waals surface area contributed by atoms with E-state index in [4.69, 9.17) is 0 Å². The molecule has 4 nitrogen and oxygen atoms in total. The predicted molar refractivity (Wildman–Crippen MR) is 75.1 cm³/mol. The summed E-state index contributed by atoms with van der Waals surface area (Å²) in [4.78, 5) is 23.5. The number of fused-ring (bicyclic) bond motifs is 1. The van der Waals surface area contributed by atoms with Crippen LogP contribution in [0.25, 0.3) is 22.0 Å². The highest BCUT2D eigenvalue weighted by Gasteiger charge is 2.10. The molecule has 0 atom stereocenters. The average Bonchev–Trinajstić information content (AvgIpc) is 2.42. The largest absolute Gasteiger partial charge is 0.323 e. The first-order chi connectivity index (χ1) is 9.16. The fourth-order valence-electron chi connectivity index (χ4n) is 2.12. The van der Waals surface area contributed by atoms with Gasteiger partial charge in [0.05, 0.1) is 5.69 Å². The van der Waals surface area contributed by atoms with E-state index in [9.17, 15) is 4.79 Å². The lowest BCUT2D eigenvalue weighted by atomic mass is 10.0. The number of nitrogens with zero attached hydrogens (tertiary/aromatic N) is 2. The number of H-pyrrole nitrogens is 1. The minimum absolute atomic E-state index is 0.167. The Labute approximate surface area is 110 Å². The highest BCUT2D eigenvalue weighted by atomic mass is 16.1. The van der Waals surface area contributed by atoms with Gasteiger partial charge in [0, 0.05) is 29.0 Å². The lowest BCUT2D eigenvalue weighted by molar-refractivity contribution is 1.02. The monoisotopic (exact) mass is 251 g/mol. The molecule has 1 N–H and O–H groups in total. The maximum Gasteiger partial charge on any atom is 0.274 e. The molecule has 0 radical (unpaired) electrons. The number of pyridine rings is 1. The van der Waals surface area contributed by atoms with Gasteiger partial charge in [-0.15, -0.1) is 0 Å². The van der Waals surface area contributed by atoms with Crippen molar-refractivity contribution < 1.29 is 0 Å². The van der Waals surface area contributed by atoms with Crippen LogP contribution in [0.2, 0.25) is 0 Å². The molecular weight excluding hydrogens is 238 g/mol. The number of benzene rings is 1. The number of rotatable bonds is 1. The smallest absolute Gasteiger partial charge is 0.274 e.